The van der Waals surface area contributed by atoms with Gasteiger partial charge in [0.25, 0.3) is 5.91 Å². The molecule has 3 fully saturated rings. The molecule has 35 heavy (non-hydrogen) atoms. The molecule has 1 atom stereocenters. The minimum atomic E-state index is -1.84. The van der Waals surface area contributed by atoms with Gasteiger partial charge in [0, 0.05) is 36.0 Å². The van der Waals surface area contributed by atoms with Crippen molar-refractivity contribution in [3.8, 4) is 11.1 Å². The van der Waals surface area contributed by atoms with Crippen molar-refractivity contribution in [2.75, 3.05) is 31.5 Å². The molecule has 1 aliphatic carbocycles. The van der Waals surface area contributed by atoms with Gasteiger partial charge >= 0.3 is 5.97 Å². The number of esters is 1. The van der Waals surface area contributed by atoms with Gasteiger partial charge in [-0.15, -0.1) is 0 Å². The second-order valence-electron chi connectivity index (χ2n) is 9.65. The van der Waals surface area contributed by atoms with Crippen LogP contribution in [-0.2, 0) is 19.9 Å². The average molecular weight is 540 g/mol. The Balaban J connectivity index is 0.00000253. The smallest absolute Gasteiger partial charge is 0.348 e. The van der Waals surface area contributed by atoms with Crippen molar-refractivity contribution in [3.05, 3.63) is 72.0 Å². The van der Waals surface area contributed by atoms with E-state index in [1.54, 1.807) is 18.2 Å². The molecule has 0 spiro atoms. The van der Waals surface area contributed by atoms with Gasteiger partial charge in [-0.05, 0) is 11.1 Å². The van der Waals surface area contributed by atoms with E-state index in [-0.39, 0.29) is 41.5 Å². The van der Waals surface area contributed by atoms with E-state index in [0.29, 0.717) is 28.0 Å². The lowest BCUT2D eigenvalue weighted by atomic mass is 9.82. The van der Waals surface area contributed by atoms with E-state index >= 15 is 0 Å². The van der Waals surface area contributed by atoms with E-state index in [1.807, 2.05) is 36.4 Å². The normalized spacial score (nSPS) is 25.2. The third-order valence-electron chi connectivity index (χ3n) is 7.70. The quantitative estimate of drug-likeness (QED) is 0.340. The first-order valence-electron chi connectivity index (χ1n) is 11.7. The summed E-state index contributed by atoms with van der Waals surface area (Å²) in [5.74, 6) is -0.164. The number of ether oxygens (including phenoxy) is 1. The Bertz CT molecular complexity index is 1210. The molecule has 0 unspecified atom stereocenters. The highest BCUT2D eigenvalue weighted by molar-refractivity contribution is 5.96. The summed E-state index contributed by atoms with van der Waals surface area (Å²) in [5, 5.41) is 18.3. The molecule has 1 aromatic heterocycles. The van der Waals surface area contributed by atoms with Crippen LogP contribution in [0.5, 0.6) is 0 Å². The molecule has 1 amide bonds. The maximum absolute atomic E-state index is 13.6. The topological polar surface area (TPSA) is 102 Å². The molecule has 7 rings (SSSR count). The van der Waals surface area contributed by atoms with Crippen LogP contribution in [0.15, 0.2) is 65.4 Å². The molecule has 4 aliphatic rings. The summed E-state index contributed by atoms with van der Waals surface area (Å²) in [6.07, 6.45) is 2.81. The van der Waals surface area contributed by atoms with Crippen LogP contribution >= 0.6 is 0 Å². The number of anilines is 1. The maximum atomic E-state index is 13.6. The number of hydrogen-bond acceptors (Lipinski definition) is 6. The second-order valence-corrected chi connectivity index (χ2v) is 9.65. The van der Waals surface area contributed by atoms with Crippen molar-refractivity contribution in [3.63, 3.8) is 0 Å². The number of halogens is 1. The molecule has 3 saturated heterocycles. The first-order valence-corrected chi connectivity index (χ1v) is 11.7. The van der Waals surface area contributed by atoms with E-state index in [9.17, 15) is 14.7 Å². The summed E-state index contributed by atoms with van der Waals surface area (Å²) in [7, 11) is 0. The molecule has 2 N–H and O–H groups in total. The van der Waals surface area contributed by atoms with Crippen molar-refractivity contribution < 1.29 is 45.4 Å². The summed E-state index contributed by atoms with van der Waals surface area (Å²) in [6.45, 7) is 2.56. The Morgan fingerprint density at radius 2 is 1.69 bits per heavy atom. The third kappa shape index (κ3) is 3.87. The molecule has 0 saturated carbocycles. The van der Waals surface area contributed by atoms with Gasteiger partial charge in [0.2, 0.25) is 5.60 Å². The molecule has 9 heteroatoms. The van der Waals surface area contributed by atoms with Crippen molar-refractivity contribution in [1.82, 2.24) is 5.16 Å². The zero-order valence-electron chi connectivity index (χ0n) is 19.0. The minimum Gasteiger partial charge on any atom is -1.00 e. The fraction of sp³-hybridized carbons (Fsp3) is 0.346. The monoisotopic (exact) mass is 539 g/mol. The number of fused-ring (bicyclic) bond motifs is 6. The van der Waals surface area contributed by atoms with Gasteiger partial charge in [-0.25, -0.2) is 4.79 Å². The van der Waals surface area contributed by atoms with Gasteiger partial charge in [0.05, 0.1) is 13.1 Å². The fourth-order valence-corrected chi connectivity index (χ4v) is 6.00. The molecule has 4 heterocycles. The van der Waals surface area contributed by atoms with Crippen molar-refractivity contribution in [2.45, 2.75) is 24.5 Å². The lowest BCUT2D eigenvalue weighted by molar-refractivity contribution is -0.939. The Morgan fingerprint density at radius 3 is 2.29 bits per heavy atom. The number of amides is 1. The van der Waals surface area contributed by atoms with Gasteiger partial charge in [0.1, 0.15) is 12.8 Å². The van der Waals surface area contributed by atoms with Gasteiger partial charge in [-0.2, -0.15) is 0 Å². The number of hydrogen-bond donors (Lipinski definition) is 2. The van der Waals surface area contributed by atoms with Crippen molar-refractivity contribution in [1.29, 1.82) is 0 Å². The van der Waals surface area contributed by atoms with Crippen LogP contribution in [0.3, 0.4) is 0 Å². The highest BCUT2D eigenvalue weighted by Crippen LogP contribution is 2.48. The maximum Gasteiger partial charge on any atom is 0.348 e. The van der Waals surface area contributed by atoms with Gasteiger partial charge in [-0.1, -0.05) is 53.7 Å². The first-order chi connectivity index (χ1) is 16.5. The van der Waals surface area contributed by atoms with Crippen LogP contribution in [0.4, 0.5) is 5.82 Å². The van der Waals surface area contributed by atoms with Crippen LogP contribution in [-0.4, -0.2) is 58.9 Å². The molecule has 3 aliphatic heterocycles. The fourth-order valence-electron chi connectivity index (χ4n) is 6.00. The van der Waals surface area contributed by atoms with Crippen molar-refractivity contribution in [2.24, 2.45) is 5.92 Å². The predicted octanol–water partition coefficient (Wildman–Crippen LogP) is -0.314. The van der Waals surface area contributed by atoms with Crippen LogP contribution in [0, 0.1) is 5.92 Å². The van der Waals surface area contributed by atoms with Gasteiger partial charge in [-0.3, -0.25) is 4.79 Å². The lowest BCUT2D eigenvalue weighted by Crippen LogP contribution is -3.00. The predicted molar refractivity (Wildman–Crippen MR) is 122 cm³/mol. The average Bonchev–Trinajstić information content (AvgIpc) is 3.45. The zero-order chi connectivity index (χ0) is 23.3. The van der Waals surface area contributed by atoms with Gasteiger partial charge in [0.15, 0.2) is 18.5 Å². The molecule has 182 valence electrons. The highest BCUT2D eigenvalue weighted by Gasteiger charge is 2.53. The van der Waals surface area contributed by atoms with E-state index in [0.717, 1.165) is 37.1 Å². The van der Waals surface area contributed by atoms with E-state index in [4.69, 9.17) is 9.26 Å². The van der Waals surface area contributed by atoms with Crippen LogP contribution in [0.1, 0.15) is 24.0 Å². The largest absolute Gasteiger partial charge is 1.00 e. The number of aliphatic hydroxyl groups is 1. The molecule has 8 nitrogen and oxygen atoms in total. The molecule has 2 aromatic carbocycles. The number of carbonyl (C=O) groups excluding carboxylic acids is 2. The summed E-state index contributed by atoms with van der Waals surface area (Å²) < 4.78 is 11.4. The van der Waals surface area contributed by atoms with Crippen LogP contribution in [0.25, 0.3) is 11.1 Å². The minimum absolute atomic E-state index is 0. The molecule has 2 bridgehead atoms. The van der Waals surface area contributed by atoms with E-state index in [2.05, 4.69) is 10.5 Å². The number of quaternary nitrogens is 1. The van der Waals surface area contributed by atoms with Gasteiger partial charge < -0.3 is 41.1 Å². The second kappa shape index (κ2) is 8.89. The Labute approximate surface area is 213 Å². The number of benzene rings is 2. The summed E-state index contributed by atoms with van der Waals surface area (Å²) in [6, 6.07) is 16.5. The number of nitrogens with zero attached hydrogens (tertiary/aromatic N) is 2. The Morgan fingerprint density at radius 1 is 1.06 bits per heavy atom. The number of carbonyl (C=O) groups is 2. The first kappa shape index (κ1) is 23.7. The van der Waals surface area contributed by atoms with Crippen LogP contribution in [0.2, 0.25) is 0 Å². The third-order valence-corrected chi connectivity index (χ3v) is 7.70. The summed E-state index contributed by atoms with van der Waals surface area (Å²) >= 11 is 0. The number of piperidine rings is 3. The number of rotatable bonds is 5. The zero-order valence-corrected chi connectivity index (χ0v) is 20.6. The van der Waals surface area contributed by atoms with Crippen LogP contribution < -0.4 is 22.3 Å². The van der Waals surface area contributed by atoms with E-state index in [1.165, 1.54) is 6.26 Å². The highest BCUT2D eigenvalue weighted by atomic mass is 79.9. The number of aromatic nitrogens is 1. The SMILES string of the molecule is O=C(C[N+]12CCC(CC1)[C@@H](OC(=O)C1(O)c3ccccc3-c3ccccc31)C2)Nc1ccon1.[Br-]. The standard InChI is InChI=1S/C26H25N3O5.BrH/c30-24(27-23-11-14-33-28-23)16-29-12-9-17(10-13-29)22(15-29)34-25(31)26(32)20-7-3-1-5-18(20)19-6-2-4-8-21(19)26;/h1-8,11,14,17,22,32H,9-10,12-13,15-16H2;1H/t17?,22-,29?;/m0./s1. The molecule has 3 aromatic rings. The molecule has 0 radical (unpaired) electrons. The number of nitrogens with one attached hydrogen (secondary N) is 1. The lowest BCUT2D eigenvalue weighted by Gasteiger charge is -2.51. The molecular weight excluding hydrogens is 514 g/mol. The summed E-state index contributed by atoms with van der Waals surface area (Å²) in [5.41, 5.74) is 0.963. The van der Waals surface area contributed by atoms with Crippen molar-refractivity contribution >= 4 is 17.7 Å². The Hall–Kier alpha value is -3.01. The van der Waals surface area contributed by atoms with E-state index < -0.39 is 11.6 Å². The summed E-state index contributed by atoms with van der Waals surface area (Å²) in [4.78, 5) is 26.3. The Kier molecular flexibility index (Phi) is 6.03. The molecular formula is C26H26BrN3O5.